The van der Waals surface area contributed by atoms with Gasteiger partial charge in [-0.05, 0) is 54.6 Å². The van der Waals surface area contributed by atoms with E-state index < -0.39 is 0 Å². The second kappa shape index (κ2) is 8.21. The molecule has 33 heavy (non-hydrogen) atoms. The van der Waals surface area contributed by atoms with Crippen molar-refractivity contribution in [2.75, 3.05) is 10.6 Å². The molecule has 0 aliphatic rings. The van der Waals surface area contributed by atoms with Crippen LogP contribution in [0.2, 0.25) is 0 Å². The number of rotatable bonds is 5. The molecule has 6 rings (SSSR count). The average Bonchev–Trinajstić information content (AvgIpc) is 3.21. The molecule has 0 aliphatic heterocycles. The lowest BCUT2D eigenvalue weighted by molar-refractivity contribution is 1.18. The number of nitrogens with zero attached hydrogens (tertiary/aromatic N) is 1. The summed E-state index contributed by atoms with van der Waals surface area (Å²) in [5, 5.41) is 9.70. The Labute approximate surface area is 192 Å². The molecule has 0 bridgehead atoms. The molecular formula is C30H23N3. The van der Waals surface area contributed by atoms with Gasteiger partial charge in [-0.15, -0.1) is 0 Å². The van der Waals surface area contributed by atoms with Gasteiger partial charge in [0.1, 0.15) is 0 Å². The molecule has 0 atom stereocenters. The summed E-state index contributed by atoms with van der Waals surface area (Å²) in [6.45, 7) is 0. The highest BCUT2D eigenvalue weighted by atomic mass is 15.0. The predicted octanol–water partition coefficient (Wildman–Crippen LogP) is 8.27. The quantitative estimate of drug-likeness (QED) is 0.291. The molecule has 1 aromatic heterocycles. The van der Waals surface area contributed by atoms with Crippen molar-refractivity contribution in [2.24, 2.45) is 0 Å². The number of hydrogen-bond donors (Lipinski definition) is 2. The highest BCUT2D eigenvalue weighted by Crippen LogP contribution is 2.40. The molecular weight excluding hydrogens is 402 g/mol. The largest absolute Gasteiger partial charge is 0.355 e. The maximum absolute atomic E-state index is 3.68. The Morgan fingerprint density at radius 1 is 0.455 bits per heavy atom. The molecule has 0 amide bonds. The molecule has 2 N–H and O–H groups in total. The average molecular weight is 426 g/mol. The van der Waals surface area contributed by atoms with Crippen LogP contribution >= 0.6 is 0 Å². The lowest BCUT2D eigenvalue weighted by Crippen LogP contribution is -1.99. The van der Waals surface area contributed by atoms with E-state index in [4.69, 9.17) is 0 Å². The molecule has 0 radical (unpaired) electrons. The second-order valence-corrected chi connectivity index (χ2v) is 8.09. The number of hydrogen-bond acceptors (Lipinski definition) is 2. The first kappa shape index (κ1) is 19.2. The summed E-state index contributed by atoms with van der Waals surface area (Å²) >= 11 is 0. The molecule has 0 fully saturated rings. The van der Waals surface area contributed by atoms with E-state index in [1.165, 1.54) is 16.3 Å². The summed E-state index contributed by atoms with van der Waals surface area (Å²) in [5.74, 6) is 0. The van der Waals surface area contributed by atoms with Crippen LogP contribution in [0.25, 0.3) is 27.5 Å². The van der Waals surface area contributed by atoms with Crippen molar-refractivity contribution in [3.05, 3.63) is 127 Å². The van der Waals surface area contributed by atoms with Crippen molar-refractivity contribution in [3.63, 3.8) is 0 Å². The lowest BCUT2D eigenvalue weighted by atomic mass is 10.1. The van der Waals surface area contributed by atoms with Crippen LogP contribution in [0.15, 0.2) is 127 Å². The predicted molar refractivity (Wildman–Crippen MR) is 140 cm³/mol. The minimum absolute atomic E-state index is 1.04. The van der Waals surface area contributed by atoms with E-state index in [0.717, 1.165) is 34.0 Å². The lowest BCUT2D eigenvalue weighted by Gasteiger charge is -2.15. The van der Waals surface area contributed by atoms with Crippen molar-refractivity contribution in [2.45, 2.75) is 0 Å². The third-order valence-electron chi connectivity index (χ3n) is 5.90. The fraction of sp³-hybridized carbons (Fsp3) is 0. The van der Waals surface area contributed by atoms with Gasteiger partial charge in [0.2, 0.25) is 0 Å². The number of para-hydroxylation sites is 4. The van der Waals surface area contributed by atoms with Gasteiger partial charge in [0.05, 0.1) is 16.7 Å². The molecule has 158 valence electrons. The molecule has 5 aromatic carbocycles. The van der Waals surface area contributed by atoms with Crippen LogP contribution in [0.5, 0.6) is 0 Å². The zero-order valence-corrected chi connectivity index (χ0v) is 18.1. The van der Waals surface area contributed by atoms with Crippen LogP contribution < -0.4 is 10.6 Å². The Morgan fingerprint density at radius 2 is 1.03 bits per heavy atom. The topological polar surface area (TPSA) is 29.0 Å². The van der Waals surface area contributed by atoms with Gasteiger partial charge in [-0.3, -0.25) is 0 Å². The first-order valence-corrected chi connectivity index (χ1v) is 11.1. The van der Waals surface area contributed by atoms with Crippen LogP contribution in [0.4, 0.5) is 22.7 Å². The van der Waals surface area contributed by atoms with Crippen LogP contribution in [0, 0.1) is 0 Å². The molecule has 0 unspecified atom stereocenters. The van der Waals surface area contributed by atoms with Crippen molar-refractivity contribution in [3.8, 4) is 5.69 Å². The van der Waals surface area contributed by atoms with E-state index in [0.29, 0.717) is 0 Å². The fourth-order valence-corrected chi connectivity index (χ4v) is 4.48. The van der Waals surface area contributed by atoms with Gasteiger partial charge in [0.25, 0.3) is 0 Å². The van der Waals surface area contributed by atoms with E-state index in [2.05, 4.69) is 118 Å². The molecule has 0 saturated heterocycles. The molecule has 3 nitrogen and oxygen atoms in total. The second-order valence-electron chi connectivity index (χ2n) is 8.09. The Morgan fingerprint density at radius 3 is 1.73 bits per heavy atom. The van der Waals surface area contributed by atoms with E-state index in [1.54, 1.807) is 0 Å². The zero-order valence-electron chi connectivity index (χ0n) is 18.1. The first-order chi connectivity index (χ1) is 16.4. The smallest absolute Gasteiger partial charge is 0.0778 e. The Kier molecular flexibility index (Phi) is 4.78. The first-order valence-electron chi connectivity index (χ1n) is 11.1. The maximum atomic E-state index is 3.68. The summed E-state index contributed by atoms with van der Waals surface area (Å²) in [6.07, 6.45) is 0. The molecule has 0 aliphatic carbocycles. The number of fused-ring (bicyclic) bond motifs is 3. The van der Waals surface area contributed by atoms with E-state index in [1.807, 2.05) is 24.3 Å². The van der Waals surface area contributed by atoms with Gasteiger partial charge >= 0.3 is 0 Å². The van der Waals surface area contributed by atoms with Gasteiger partial charge in [0, 0.05) is 33.5 Å². The van der Waals surface area contributed by atoms with Crippen LogP contribution in [-0.4, -0.2) is 4.57 Å². The summed E-state index contributed by atoms with van der Waals surface area (Å²) in [4.78, 5) is 0. The van der Waals surface area contributed by atoms with Gasteiger partial charge in [-0.2, -0.15) is 0 Å². The summed E-state index contributed by atoms with van der Waals surface area (Å²) < 4.78 is 2.35. The van der Waals surface area contributed by atoms with Crippen LogP contribution in [-0.2, 0) is 0 Å². The standard InChI is InChI=1S/C30H23N3/c1-4-12-22(13-5-1)31-24-20-27-26-18-10-11-19-29(26)33(25-16-8-3-9-17-25)30(27)28(21-24)32-23-14-6-2-7-15-23/h1-21,31-32H. The van der Waals surface area contributed by atoms with Gasteiger partial charge in [-0.25, -0.2) is 0 Å². The van der Waals surface area contributed by atoms with E-state index in [9.17, 15) is 0 Å². The Hall–Kier alpha value is -4.50. The molecule has 0 saturated carbocycles. The minimum atomic E-state index is 1.04. The fourth-order valence-electron chi connectivity index (χ4n) is 4.48. The highest BCUT2D eigenvalue weighted by molar-refractivity contribution is 6.15. The van der Waals surface area contributed by atoms with E-state index >= 15 is 0 Å². The molecule has 0 spiro atoms. The minimum Gasteiger partial charge on any atom is -0.355 e. The normalized spacial score (nSPS) is 11.0. The molecule has 1 heterocycles. The van der Waals surface area contributed by atoms with Crippen molar-refractivity contribution in [1.82, 2.24) is 4.57 Å². The Balaban J connectivity index is 1.64. The highest BCUT2D eigenvalue weighted by Gasteiger charge is 2.17. The van der Waals surface area contributed by atoms with Crippen molar-refractivity contribution in [1.29, 1.82) is 0 Å². The van der Waals surface area contributed by atoms with Crippen LogP contribution in [0.1, 0.15) is 0 Å². The summed E-state index contributed by atoms with van der Waals surface area (Å²) in [6, 6.07) is 44.2. The number of nitrogens with one attached hydrogen (secondary N) is 2. The third-order valence-corrected chi connectivity index (χ3v) is 5.90. The van der Waals surface area contributed by atoms with Gasteiger partial charge in [-0.1, -0.05) is 72.8 Å². The SMILES string of the molecule is c1ccc(Nc2cc(Nc3ccccc3)c3c(c2)c2ccccc2n3-c2ccccc2)cc1. The van der Waals surface area contributed by atoms with Crippen molar-refractivity contribution < 1.29 is 0 Å². The van der Waals surface area contributed by atoms with Crippen molar-refractivity contribution >= 4 is 44.6 Å². The third kappa shape index (κ3) is 3.60. The van der Waals surface area contributed by atoms with Gasteiger partial charge in [0.15, 0.2) is 0 Å². The number of benzene rings is 5. The van der Waals surface area contributed by atoms with Crippen LogP contribution in [0.3, 0.4) is 0 Å². The summed E-state index contributed by atoms with van der Waals surface area (Å²) in [5.41, 5.74) is 7.70. The summed E-state index contributed by atoms with van der Waals surface area (Å²) in [7, 11) is 0. The zero-order chi connectivity index (χ0) is 22.0. The Bertz CT molecular complexity index is 1540. The number of aromatic nitrogens is 1. The molecule has 3 heteroatoms. The van der Waals surface area contributed by atoms with E-state index in [-0.39, 0.29) is 0 Å². The van der Waals surface area contributed by atoms with Gasteiger partial charge < -0.3 is 15.2 Å². The monoisotopic (exact) mass is 425 g/mol. The maximum Gasteiger partial charge on any atom is 0.0778 e. The number of anilines is 4. The molecule has 6 aromatic rings.